The van der Waals surface area contributed by atoms with Crippen molar-refractivity contribution in [1.82, 2.24) is 14.5 Å². The number of aryl methyl sites for hydroxylation is 1. The molecule has 2 N–H and O–H groups in total. The van der Waals surface area contributed by atoms with E-state index in [0.717, 1.165) is 30.3 Å². The number of hydrogen-bond donors (Lipinski definition) is 1. The van der Waals surface area contributed by atoms with Gasteiger partial charge in [0, 0.05) is 11.4 Å². The zero-order chi connectivity index (χ0) is 16.8. The largest absolute Gasteiger partial charge is 0.368 e. The SMILES string of the molecule is Cc1nc(N)nc2c1cc(C#C[Si](C)(C)C)c(=O)n2C1CCC1. The summed E-state index contributed by atoms with van der Waals surface area (Å²) in [5.74, 6) is 3.33. The molecule has 2 heterocycles. The van der Waals surface area contributed by atoms with E-state index in [1.807, 2.05) is 13.0 Å². The average Bonchev–Trinajstić information content (AvgIpc) is 2.37. The van der Waals surface area contributed by atoms with E-state index in [9.17, 15) is 4.79 Å². The number of rotatable bonds is 1. The van der Waals surface area contributed by atoms with Crippen LogP contribution in [0.4, 0.5) is 5.95 Å². The van der Waals surface area contributed by atoms with Crippen molar-refractivity contribution in [1.29, 1.82) is 0 Å². The van der Waals surface area contributed by atoms with Crippen molar-refractivity contribution in [2.75, 3.05) is 5.73 Å². The zero-order valence-corrected chi connectivity index (χ0v) is 15.1. The summed E-state index contributed by atoms with van der Waals surface area (Å²) in [6.45, 7) is 8.40. The van der Waals surface area contributed by atoms with Gasteiger partial charge in [0.1, 0.15) is 13.7 Å². The molecule has 0 aromatic carbocycles. The van der Waals surface area contributed by atoms with Crippen LogP contribution in [-0.4, -0.2) is 22.6 Å². The van der Waals surface area contributed by atoms with Crippen LogP contribution < -0.4 is 11.3 Å². The third-order valence-electron chi connectivity index (χ3n) is 4.11. The van der Waals surface area contributed by atoms with E-state index in [-0.39, 0.29) is 17.5 Å². The number of nitrogens with zero attached hydrogens (tertiary/aromatic N) is 3. The maximum absolute atomic E-state index is 12.9. The standard InChI is InChI=1S/C17H22N4OSi/c1-11-14-10-12(8-9-23(2,3)4)16(22)21(13-6-5-7-13)15(14)20-17(18)19-11/h10,13H,5-7H2,1-4H3,(H2,18,19,20). The fourth-order valence-corrected chi connectivity index (χ4v) is 3.21. The number of fused-ring (bicyclic) bond motifs is 1. The minimum absolute atomic E-state index is 0.0505. The molecule has 0 radical (unpaired) electrons. The molecule has 1 saturated carbocycles. The molecular formula is C17H22N4OSi. The molecule has 2 aromatic heterocycles. The maximum atomic E-state index is 12.9. The lowest BCUT2D eigenvalue weighted by molar-refractivity contribution is 0.313. The Morgan fingerprint density at radius 2 is 2.00 bits per heavy atom. The van der Waals surface area contributed by atoms with Crippen LogP contribution >= 0.6 is 0 Å². The smallest absolute Gasteiger partial charge is 0.268 e. The van der Waals surface area contributed by atoms with E-state index in [2.05, 4.69) is 41.1 Å². The summed E-state index contributed by atoms with van der Waals surface area (Å²) < 4.78 is 1.79. The number of nitrogen functional groups attached to an aromatic ring is 1. The van der Waals surface area contributed by atoms with Crippen LogP contribution in [-0.2, 0) is 0 Å². The first kappa shape index (κ1) is 15.8. The Morgan fingerprint density at radius 3 is 2.57 bits per heavy atom. The molecule has 5 nitrogen and oxygen atoms in total. The molecule has 1 fully saturated rings. The van der Waals surface area contributed by atoms with E-state index >= 15 is 0 Å². The molecular weight excluding hydrogens is 304 g/mol. The van der Waals surface area contributed by atoms with E-state index in [1.54, 1.807) is 4.57 Å². The van der Waals surface area contributed by atoms with Crippen LogP contribution in [0.25, 0.3) is 11.0 Å². The van der Waals surface area contributed by atoms with Gasteiger partial charge in [-0.15, -0.1) is 5.54 Å². The molecule has 0 spiro atoms. The Bertz CT molecular complexity index is 895. The highest BCUT2D eigenvalue weighted by Crippen LogP contribution is 2.32. The normalized spacial score (nSPS) is 15.1. The van der Waals surface area contributed by atoms with Gasteiger partial charge in [-0.2, -0.15) is 4.98 Å². The van der Waals surface area contributed by atoms with Gasteiger partial charge in [0.25, 0.3) is 5.56 Å². The number of nitrogens with two attached hydrogens (primary N) is 1. The summed E-state index contributed by atoms with van der Waals surface area (Å²) in [7, 11) is -1.55. The van der Waals surface area contributed by atoms with Crippen molar-refractivity contribution in [2.45, 2.75) is 51.9 Å². The van der Waals surface area contributed by atoms with Crippen LogP contribution in [0.5, 0.6) is 0 Å². The Morgan fingerprint density at radius 1 is 1.30 bits per heavy atom. The Labute approximate surface area is 137 Å². The summed E-state index contributed by atoms with van der Waals surface area (Å²) in [5.41, 5.74) is 11.0. The van der Waals surface area contributed by atoms with Gasteiger partial charge in [-0.25, -0.2) is 4.98 Å². The molecule has 1 aliphatic carbocycles. The Kier molecular flexibility index (Phi) is 3.76. The summed E-state index contributed by atoms with van der Waals surface area (Å²) in [6.07, 6.45) is 3.15. The predicted molar refractivity (Wildman–Crippen MR) is 96.1 cm³/mol. The lowest BCUT2D eigenvalue weighted by Crippen LogP contribution is -2.31. The predicted octanol–water partition coefficient (Wildman–Crippen LogP) is 2.64. The van der Waals surface area contributed by atoms with Crippen LogP contribution in [0.2, 0.25) is 19.6 Å². The van der Waals surface area contributed by atoms with Crippen LogP contribution in [0.1, 0.15) is 36.6 Å². The molecule has 120 valence electrons. The van der Waals surface area contributed by atoms with Crippen molar-refractivity contribution in [3.63, 3.8) is 0 Å². The molecule has 0 amide bonds. The first-order chi connectivity index (χ1) is 10.8. The number of hydrogen-bond acceptors (Lipinski definition) is 4. The average molecular weight is 326 g/mol. The van der Waals surface area contributed by atoms with Crippen molar-refractivity contribution < 1.29 is 0 Å². The molecule has 0 aliphatic heterocycles. The second-order valence-corrected chi connectivity index (χ2v) is 12.0. The fourth-order valence-electron chi connectivity index (χ4n) is 2.70. The third-order valence-corrected chi connectivity index (χ3v) is 4.99. The fraction of sp³-hybridized carbons (Fsp3) is 0.471. The topological polar surface area (TPSA) is 73.8 Å². The highest BCUT2D eigenvalue weighted by molar-refractivity contribution is 6.83. The highest BCUT2D eigenvalue weighted by Gasteiger charge is 2.25. The van der Waals surface area contributed by atoms with E-state index in [4.69, 9.17) is 5.73 Å². The quantitative estimate of drug-likeness (QED) is 0.646. The molecule has 0 bridgehead atoms. The number of aromatic nitrogens is 3. The van der Waals surface area contributed by atoms with Gasteiger partial charge in [-0.05, 0) is 32.3 Å². The summed E-state index contributed by atoms with van der Waals surface area (Å²) >= 11 is 0. The van der Waals surface area contributed by atoms with Crippen molar-refractivity contribution in [3.05, 3.63) is 27.7 Å². The minimum Gasteiger partial charge on any atom is -0.368 e. The Hall–Kier alpha value is -2.13. The van der Waals surface area contributed by atoms with Gasteiger partial charge < -0.3 is 5.73 Å². The van der Waals surface area contributed by atoms with Crippen LogP contribution in [0.3, 0.4) is 0 Å². The second kappa shape index (κ2) is 5.50. The lowest BCUT2D eigenvalue weighted by Gasteiger charge is -2.28. The molecule has 3 rings (SSSR count). The highest BCUT2D eigenvalue weighted by atomic mass is 28.3. The second-order valence-electron chi connectivity index (χ2n) is 7.22. The Balaban J connectivity index is 2.32. The first-order valence-electron chi connectivity index (χ1n) is 7.99. The van der Waals surface area contributed by atoms with Crippen LogP contribution in [0.15, 0.2) is 10.9 Å². The molecule has 0 saturated heterocycles. The van der Waals surface area contributed by atoms with E-state index in [0.29, 0.717) is 11.2 Å². The summed E-state index contributed by atoms with van der Waals surface area (Å²) in [6, 6.07) is 2.03. The van der Waals surface area contributed by atoms with Gasteiger partial charge in [-0.3, -0.25) is 9.36 Å². The first-order valence-corrected chi connectivity index (χ1v) is 11.5. The lowest BCUT2D eigenvalue weighted by atomic mass is 9.92. The number of anilines is 1. The van der Waals surface area contributed by atoms with Gasteiger partial charge in [0.05, 0.1) is 11.3 Å². The van der Waals surface area contributed by atoms with Gasteiger partial charge in [0.15, 0.2) is 0 Å². The third kappa shape index (κ3) is 3.01. The molecule has 6 heteroatoms. The summed E-state index contributed by atoms with van der Waals surface area (Å²) in [5, 5.41) is 0.866. The van der Waals surface area contributed by atoms with Crippen molar-refractivity contribution in [3.8, 4) is 11.5 Å². The van der Waals surface area contributed by atoms with Crippen LogP contribution in [0, 0.1) is 18.4 Å². The summed E-state index contributed by atoms with van der Waals surface area (Å²) in [4.78, 5) is 21.5. The minimum atomic E-state index is -1.55. The van der Waals surface area contributed by atoms with Gasteiger partial charge in [0.2, 0.25) is 5.95 Å². The monoisotopic (exact) mass is 326 g/mol. The molecule has 0 atom stereocenters. The van der Waals surface area contributed by atoms with E-state index in [1.165, 1.54) is 0 Å². The molecule has 2 aromatic rings. The van der Waals surface area contributed by atoms with E-state index < -0.39 is 8.07 Å². The number of pyridine rings is 1. The zero-order valence-electron chi connectivity index (χ0n) is 14.1. The maximum Gasteiger partial charge on any atom is 0.268 e. The van der Waals surface area contributed by atoms with Gasteiger partial charge >= 0.3 is 0 Å². The van der Waals surface area contributed by atoms with Gasteiger partial charge in [-0.1, -0.05) is 25.6 Å². The molecule has 0 unspecified atom stereocenters. The molecule has 1 aliphatic rings. The van der Waals surface area contributed by atoms with Crippen molar-refractivity contribution >= 4 is 25.1 Å². The molecule has 23 heavy (non-hydrogen) atoms. The van der Waals surface area contributed by atoms with Crippen molar-refractivity contribution in [2.24, 2.45) is 0 Å².